The van der Waals surface area contributed by atoms with Crippen molar-refractivity contribution in [2.24, 2.45) is 0 Å². The van der Waals surface area contributed by atoms with Crippen molar-refractivity contribution in [3.05, 3.63) is 24.3 Å². The Kier molecular flexibility index (Phi) is 37.4. The van der Waals surface area contributed by atoms with Crippen LogP contribution < -0.4 is 24.0 Å². The van der Waals surface area contributed by atoms with Crippen molar-refractivity contribution in [3.8, 4) is 0 Å². The minimum atomic E-state index is 0. The van der Waals surface area contributed by atoms with E-state index in [1.165, 1.54) is 197 Å². The summed E-state index contributed by atoms with van der Waals surface area (Å²) < 4.78 is 1.23. The number of allylic oxidation sites excluding steroid dienone is 4. The summed E-state index contributed by atoms with van der Waals surface area (Å²) in [6, 6.07) is 0. The van der Waals surface area contributed by atoms with Crippen LogP contribution in [0.2, 0.25) is 0 Å². The van der Waals surface area contributed by atoms with Gasteiger partial charge in [-0.2, -0.15) is 0 Å². The van der Waals surface area contributed by atoms with E-state index in [-0.39, 0.29) is 24.0 Å². The zero-order chi connectivity index (χ0) is 28.5. The van der Waals surface area contributed by atoms with Crippen LogP contribution >= 0.6 is 0 Å². The summed E-state index contributed by atoms with van der Waals surface area (Å²) in [5.41, 5.74) is 0. The minimum Gasteiger partial charge on any atom is -1.00 e. The molecule has 0 rings (SSSR count). The van der Waals surface area contributed by atoms with Gasteiger partial charge in [-0.1, -0.05) is 141 Å². The van der Waals surface area contributed by atoms with Gasteiger partial charge in [0.05, 0.1) is 27.2 Å². The predicted octanol–water partition coefficient (Wildman–Crippen LogP) is 10.1. The van der Waals surface area contributed by atoms with Gasteiger partial charge in [0.2, 0.25) is 0 Å². The van der Waals surface area contributed by atoms with E-state index in [1.807, 2.05) is 0 Å². The summed E-state index contributed by atoms with van der Waals surface area (Å²) in [5.74, 6) is 0. The fourth-order valence-electron chi connectivity index (χ4n) is 5.69. The fourth-order valence-corrected chi connectivity index (χ4v) is 5.69. The summed E-state index contributed by atoms with van der Waals surface area (Å²) in [5, 5.41) is 0. The van der Waals surface area contributed by atoms with Crippen LogP contribution in [0.3, 0.4) is 0 Å². The lowest BCUT2D eigenvalue weighted by Crippen LogP contribution is -3.00. The molecule has 2 heteroatoms. The van der Waals surface area contributed by atoms with Gasteiger partial charge < -0.3 is 28.5 Å². The van der Waals surface area contributed by atoms with E-state index >= 15 is 0 Å². The van der Waals surface area contributed by atoms with Crippen LogP contribution in [-0.4, -0.2) is 31.7 Å². The first-order valence-electron chi connectivity index (χ1n) is 18.2. The van der Waals surface area contributed by atoms with Crippen LogP contribution in [0.25, 0.3) is 0 Å². The number of rotatable bonds is 32. The molecule has 0 spiro atoms. The van der Waals surface area contributed by atoms with Gasteiger partial charge in [-0.25, -0.2) is 0 Å². The second kappa shape index (κ2) is 35.4. The number of nitrogens with zero attached hydrogens (tertiary/aromatic N) is 1. The standard InChI is InChI=1S/C38H76N.HI/c1-5-7-9-11-13-15-17-19-21-23-25-27-29-31-33-35-37-39(3,4)38-36-34-32-30-28-26-24-22-20-18-16-14-12-10-8-6-2;/h19-22H,5-18,23-38H2,1-4H3;1H/q+1;/p-1. The maximum atomic E-state index is 2.45. The largest absolute Gasteiger partial charge is 1.00 e. The average Bonchev–Trinajstić information content (AvgIpc) is 2.92. The van der Waals surface area contributed by atoms with Crippen LogP contribution in [0.5, 0.6) is 0 Å². The number of quaternary nitrogens is 1. The van der Waals surface area contributed by atoms with E-state index < -0.39 is 0 Å². The highest BCUT2D eigenvalue weighted by Gasteiger charge is 2.13. The molecule has 0 radical (unpaired) electrons. The van der Waals surface area contributed by atoms with E-state index in [9.17, 15) is 0 Å². The smallest absolute Gasteiger partial charge is 0.0782 e. The average molecular weight is 674 g/mol. The topological polar surface area (TPSA) is 0 Å². The zero-order valence-corrected chi connectivity index (χ0v) is 30.5. The molecule has 0 bridgehead atoms. The van der Waals surface area contributed by atoms with Crippen molar-refractivity contribution in [1.29, 1.82) is 0 Å². The molecule has 0 fully saturated rings. The highest BCUT2D eigenvalue weighted by atomic mass is 127. The predicted molar refractivity (Wildman–Crippen MR) is 181 cm³/mol. The van der Waals surface area contributed by atoms with E-state index in [0.29, 0.717) is 0 Å². The molecule has 1 nitrogen and oxygen atoms in total. The molecule has 0 aliphatic heterocycles. The number of hydrogen-bond donors (Lipinski definition) is 0. The van der Waals surface area contributed by atoms with E-state index in [1.54, 1.807) is 0 Å². The Morgan fingerprint density at radius 3 is 0.825 bits per heavy atom. The first-order valence-corrected chi connectivity index (χ1v) is 18.2. The quantitative estimate of drug-likeness (QED) is 0.0289. The van der Waals surface area contributed by atoms with E-state index in [4.69, 9.17) is 0 Å². The van der Waals surface area contributed by atoms with Gasteiger partial charge in [-0.15, -0.1) is 0 Å². The SMILES string of the molecule is CCCCCCCCC=CCCCCCCCC[N+](C)(C)CCCCCCCCC=CCCCCCCCC.[I-]. The molecule has 0 aromatic carbocycles. The van der Waals surface area contributed by atoms with Crippen molar-refractivity contribution in [3.63, 3.8) is 0 Å². The summed E-state index contributed by atoms with van der Waals surface area (Å²) in [4.78, 5) is 0. The Balaban J connectivity index is 0. The molecular formula is C38H76IN. The third-order valence-electron chi connectivity index (χ3n) is 8.55. The maximum absolute atomic E-state index is 2.45. The van der Waals surface area contributed by atoms with Crippen molar-refractivity contribution in [2.75, 3.05) is 27.2 Å². The maximum Gasteiger partial charge on any atom is 0.0782 e. The van der Waals surface area contributed by atoms with Gasteiger partial charge in [0.1, 0.15) is 0 Å². The molecule has 0 heterocycles. The molecule has 0 aromatic heterocycles. The number of halogens is 1. The molecule has 0 saturated carbocycles. The third-order valence-corrected chi connectivity index (χ3v) is 8.55. The Bertz CT molecular complexity index is 466. The molecule has 240 valence electrons. The number of unbranched alkanes of at least 4 members (excludes halogenated alkanes) is 24. The minimum absolute atomic E-state index is 0. The van der Waals surface area contributed by atoms with Crippen LogP contribution in [0, 0.1) is 0 Å². The molecule has 0 saturated heterocycles. The van der Waals surface area contributed by atoms with E-state index in [0.717, 1.165) is 0 Å². The summed E-state index contributed by atoms with van der Waals surface area (Å²) in [6.45, 7) is 7.33. The second-order valence-corrected chi connectivity index (χ2v) is 13.3. The normalized spacial score (nSPS) is 12.1. The molecule has 0 aliphatic rings. The van der Waals surface area contributed by atoms with Gasteiger partial charge in [-0.3, -0.25) is 0 Å². The Morgan fingerprint density at radius 2 is 0.550 bits per heavy atom. The molecule has 0 aromatic rings. The molecule has 0 aliphatic carbocycles. The second-order valence-electron chi connectivity index (χ2n) is 13.3. The van der Waals surface area contributed by atoms with Gasteiger partial charge in [-0.05, 0) is 77.0 Å². The highest BCUT2D eigenvalue weighted by Crippen LogP contribution is 2.14. The van der Waals surface area contributed by atoms with Crippen molar-refractivity contribution in [2.45, 2.75) is 194 Å². The molecule has 40 heavy (non-hydrogen) atoms. The van der Waals surface area contributed by atoms with Crippen LogP contribution in [0.15, 0.2) is 24.3 Å². The van der Waals surface area contributed by atoms with Gasteiger partial charge in [0, 0.05) is 0 Å². The zero-order valence-electron chi connectivity index (χ0n) is 28.3. The lowest BCUT2D eigenvalue weighted by molar-refractivity contribution is -0.890. The summed E-state index contributed by atoms with van der Waals surface area (Å²) in [7, 11) is 4.91. The Labute approximate surface area is 272 Å². The van der Waals surface area contributed by atoms with Gasteiger partial charge in [0.25, 0.3) is 0 Å². The molecule has 0 unspecified atom stereocenters. The van der Waals surface area contributed by atoms with Gasteiger partial charge >= 0.3 is 0 Å². The van der Waals surface area contributed by atoms with Crippen molar-refractivity contribution in [1.82, 2.24) is 0 Å². The first-order chi connectivity index (χ1) is 19.1. The Morgan fingerprint density at radius 1 is 0.325 bits per heavy atom. The third kappa shape index (κ3) is 36.2. The summed E-state index contributed by atoms with van der Waals surface area (Å²) in [6.07, 6.45) is 49.0. The fraction of sp³-hybridized carbons (Fsp3) is 0.895. The molecule has 0 amide bonds. The van der Waals surface area contributed by atoms with Crippen LogP contribution in [-0.2, 0) is 0 Å². The number of hydrogen-bond acceptors (Lipinski definition) is 0. The molecule has 0 N–H and O–H groups in total. The van der Waals surface area contributed by atoms with Crippen molar-refractivity contribution >= 4 is 0 Å². The van der Waals surface area contributed by atoms with Crippen LogP contribution in [0.1, 0.15) is 194 Å². The highest BCUT2D eigenvalue weighted by molar-refractivity contribution is 4.82. The monoisotopic (exact) mass is 674 g/mol. The lowest BCUT2D eigenvalue weighted by Gasteiger charge is -2.30. The van der Waals surface area contributed by atoms with E-state index in [2.05, 4.69) is 52.2 Å². The van der Waals surface area contributed by atoms with Crippen molar-refractivity contribution < 1.29 is 28.5 Å². The lowest BCUT2D eigenvalue weighted by atomic mass is 10.1. The molecule has 0 atom stereocenters. The first kappa shape index (κ1) is 42.3. The summed E-state index contributed by atoms with van der Waals surface area (Å²) >= 11 is 0. The van der Waals surface area contributed by atoms with Crippen LogP contribution in [0.4, 0.5) is 0 Å². The Hall–Kier alpha value is 0.170. The van der Waals surface area contributed by atoms with Gasteiger partial charge in [0.15, 0.2) is 0 Å². The molecular weight excluding hydrogens is 597 g/mol.